The van der Waals surface area contributed by atoms with Crippen molar-refractivity contribution in [2.75, 3.05) is 112 Å². The van der Waals surface area contributed by atoms with E-state index in [1.807, 2.05) is 6.20 Å². The zero-order chi connectivity index (χ0) is 36.4. The van der Waals surface area contributed by atoms with Gasteiger partial charge in [-0.15, -0.1) is 0 Å². The smallest absolute Gasteiger partial charge is 0.305 e. The Bertz CT molecular complexity index is 721. The largest absolute Gasteiger partial charge is 0.481 e. The molecule has 0 amide bonds. The van der Waals surface area contributed by atoms with Crippen molar-refractivity contribution in [1.29, 1.82) is 0 Å². The van der Waals surface area contributed by atoms with Crippen molar-refractivity contribution in [2.24, 2.45) is 11.6 Å². The van der Waals surface area contributed by atoms with E-state index in [1.165, 1.54) is 83.5 Å². The van der Waals surface area contributed by atoms with Crippen molar-refractivity contribution in [2.45, 2.75) is 110 Å². The SMILES string of the molecule is CCCCCCCCCCCCCCCC/C(N)=C/N(N)CCOCCOCCOCCOCCOCCOCCOCCOCCC(=O)O. The predicted molar refractivity (Wildman–Crippen MR) is 197 cm³/mol. The van der Waals surface area contributed by atoms with Crippen molar-refractivity contribution in [3.05, 3.63) is 11.9 Å². The van der Waals surface area contributed by atoms with Crippen molar-refractivity contribution in [1.82, 2.24) is 5.01 Å². The summed E-state index contributed by atoms with van der Waals surface area (Å²) in [5.74, 6) is 5.17. The number of carboxylic acid groups (broad SMARTS) is 1. The summed E-state index contributed by atoms with van der Waals surface area (Å²) in [4.78, 5) is 10.3. The maximum absolute atomic E-state index is 10.3. The minimum absolute atomic E-state index is 0.0000598. The monoisotopic (exact) mass is 722 g/mol. The Morgan fingerprint density at radius 3 is 1.12 bits per heavy atom. The summed E-state index contributed by atoms with van der Waals surface area (Å²) in [6.45, 7) is 10.2. The summed E-state index contributed by atoms with van der Waals surface area (Å²) in [7, 11) is 0. The fourth-order valence-corrected chi connectivity index (χ4v) is 4.84. The Labute approximate surface area is 303 Å². The first kappa shape index (κ1) is 48.5. The molecule has 0 aliphatic carbocycles. The Kier molecular flexibility index (Phi) is 40.6. The van der Waals surface area contributed by atoms with Crippen LogP contribution in [0.25, 0.3) is 0 Å². The number of hydrogen-bond donors (Lipinski definition) is 3. The molecular weight excluding hydrogens is 646 g/mol. The van der Waals surface area contributed by atoms with Crippen LogP contribution in [0, 0.1) is 0 Å². The Hall–Kier alpha value is -1.55. The second-order valence-electron chi connectivity index (χ2n) is 12.3. The maximum atomic E-state index is 10.3. The summed E-state index contributed by atoms with van der Waals surface area (Å²) < 4.78 is 43.4. The fraction of sp³-hybridized carbons (Fsp3) is 0.919. The number of carbonyl (C=O) groups is 1. The second kappa shape index (κ2) is 41.9. The first-order chi connectivity index (χ1) is 24.6. The molecule has 0 fully saturated rings. The summed E-state index contributed by atoms with van der Waals surface area (Å²) in [6, 6.07) is 0. The lowest BCUT2D eigenvalue weighted by atomic mass is 10.0. The molecule has 0 aromatic heterocycles. The first-order valence-electron chi connectivity index (χ1n) is 19.4. The number of unbranched alkanes of at least 4 members (excludes halogenated alkanes) is 13. The van der Waals surface area contributed by atoms with E-state index in [9.17, 15) is 4.79 Å². The standard InChI is InChI=1S/C37H75N3O10/c1-2-3-4-5-6-7-8-9-10-11-12-13-14-15-16-36(38)35-40(39)18-20-44-22-24-46-26-28-48-30-32-50-34-33-49-31-29-47-27-25-45-23-21-43-19-17-37(41)42/h35H,2-34,38-39H2,1H3,(H,41,42)/b36-35-. The highest BCUT2D eigenvalue weighted by molar-refractivity contribution is 5.66. The molecule has 0 aromatic carbocycles. The molecule has 5 N–H and O–H groups in total. The number of rotatable bonds is 43. The normalized spacial score (nSPS) is 11.8. The molecule has 0 heterocycles. The molecule has 0 saturated heterocycles. The van der Waals surface area contributed by atoms with Crippen LogP contribution in [0.2, 0.25) is 0 Å². The third-order valence-corrected chi connectivity index (χ3v) is 7.71. The van der Waals surface area contributed by atoms with Crippen LogP contribution >= 0.6 is 0 Å². The number of hydrazine groups is 1. The average molecular weight is 722 g/mol. The van der Waals surface area contributed by atoms with Crippen molar-refractivity contribution in [3.63, 3.8) is 0 Å². The van der Waals surface area contributed by atoms with E-state index in [1.54, 1.807) is 5.01 Å². The lowest BCUT2D eigenvalue weighted by Crippen LogP contribution is -2.30. The second-order valence-corrected chi connectivity index (χ2v) is 12.3. The van der Waals surface area contributed by atoms with E-state index >= 15 is 0 Å². The third kappa shape index (κ3) is 42.6. The lowest BCUT2D eigenvalue weighted by molar-refractivity contribution is -0.138. The minimum atomic E-state index is -0.871. The molecule has 0 aromatic rings. The highest BCUT2D eigenvalue weighted by atomic mass is 16.6. The molecule has 0 unspecified atom stereocenters. The quantitative estimate of drug-likeness (QED) is 0.0414. The van der Waals surface area contributed by atoms with Gasteiger partial charge in [-0.05, 0) is 12.8 Å². The summed E-state index contributed by atoms with van der Waals surface area (Å²) in [6.07, 6.45) is 21.6. The molecule has 13 nitrogen and oxygen atoms in total. The molecular formula is C37H75N3O10. The van der Waals surface area contributed by atoms with Gasteiger partial charge in [0.05, 0.1) is 119 Å². The van der Waals surface area contributed by atoms with E-state index in [0.29, 0.717) is 106 Å². The molecule has 0 rings (SSSR count). The van der Waals surface area contributed by atoms with Gasteiger partial charge < -0.3 is 53.7 Å². The molecule has 0 atom stereocenters. The van der Waals surface area contributed by atoms with Crippen LogP contribution in [0.3, 0.4) is 0 Å². The topological polar surface area (TPSA) is 166 Å². The molecule has 0 radical (unpaired) electrons. The van der Waals surface area contributed by atoms with Gasteiger partial charge >= 0.3 is 5.97 Å². The predicted octanol–water partition coefficient (Wildman–Crippen LogP) is 5.44. The summed E-state index contributed by atoms with van der Waals surface area (Å²) in [5.41, 5.74) is 6.98. The molecule has 0 aliphatic rings. The van der Waals surface area contributed by atoms with E-state index in [0.717, 1.165) is 18.5 Å². The van der Waals surface area contributed by atoms with Gasteiger partial charge in [-0.3, -0.25) is 4.79 Å². The van der Waals surface area contributed by atoms with Crippen LogP contribution in [0.5, 0.6) is 0 Å². The van der Waals surface area contributed by atoms with Crippen LogP contribution in [0.1, 0.15) is 110 Å². The average Bonchev–Trinajstić information content (AvgIpc) is 3.09. The summed E-state index contributed by atoms with van der Waals surface area (Å²) >= 11 is 0. The molecule has 0 saturated carbocycles. The zero-order valence-electron chi connectivity index (χ0n) is 31.6. The van der Waals surface area contributed by atoms with Gasteiger partial charge in [-0.25, -0.2) is 5.84 Å². The minimum Gasteiger partial charge on any atom is -0.481 e. The number of hydrogen-bond acceptors (Lipinski definition) is 12. The zero-order valence-corrected chi connectivity index (χ0v) is 31.6. The molecule has 50 heavy (non-hydrogen) atoms. The van der Waals surface area contributed by atoms with E-state index < -0.39 is 5.97 Å². The maximum Gasteiger partial charge on any atom is 0.305 e. The van der Waals surface area contributed by atoms with E-state index in [4.69, 9.17) is 54.6 Å². The van der Waals surface area contributed by atoms with Crippen molar-refractivity contribution >= 4 is 5.97 Å². The Morgan fingerprint density at radius 1 is 0.480 bits per heavy atom. The number of ether oxygens (including phenoxy) is 8. The molecule has 0 bridgehead atoms. The van der Waals surface area contributed by atoms with Crippen LogP contribution in [-0.2, 0) is 42.7 Å². The number of nitrogens with zero attached hydrogens (tertiary/aromatic N) is 1. The van der Waals surface area contributed by atoms with Crippen molar-refractivity contribution in [3.8, 4) is 0 Å². The number of carboxylic acids is 1. The number of aliphatic carboxylic acids is 1. The lowest BCUT2D eigenvalue weighted by Gasteiger charge is -2.15. The van der Waals surface area contributed by atoms with Gasteiger partial charge in [-0.1, -0.05) is 90.4 Å². The van der Waals surface area contributed by atoms with Crippen LogP contribution in [0.15, 0.2) is 11.9 Å². The van der Waals surface area contributed by atoms with Gasteiger partial charge in [0, 0.05) is 11.9 Å². The number of nitrogens with two attached hydrogens (primary N) is 2. The first-order valence-corrected chi connectivity index (χ1v) is 19.4. The van der Waals surface area contributed by atoms with E-state index in [2.05, 4.69) is 6.92 Å². The summed E-state index contributed by atoms with van der Waals surface area (Å²) in [5, 5.41) is 10.1. The highest BCUT2D eigenvalue weighted by Gasteiger charge is 2.00. The fourth-order valence-electron chi connectivity index (χ4n) is 4.84. The number of allylic oxidation sites excluding steroid dienone is 1. The molecule has 13 heteroatoms. The van der Waals surface area contributed by atoms with Gasteiger partial charge in [0.2, 0.25) is 0 Å². The molecule has 298 valence electrons. The van der Waals surface area contributed by atoms with Crippen LogP contribution in [0.4, 0.5) is 0 Å². The van der Waals surface area contributed by atoms with Crippen LogP contribution in [-0.4, -0.2) is 128 Å². The van der Waals surface area contributed by atoms with Gasteiger partial charge in [-0.2, -0.15) is 0 Å². The van der Waals surface area contributed by atoms with Crippen molar-refractivity contribution < 1.29 is 47.8 Å². The van der Waals surface area contributed by atoms with Gasteiger partial charge in [0.1, 0.15) is 0 Å². The molecule has 0 spiro atoms. The van der Waals surface area contributed by atoms with E-state index in [-0.39, 0.29) is 13.0 Å². The van der Waals surface area contributed by atoms with Gasteiger partial charge in [0.15, 0.2) is 0 Å². The molecule has 0 aliphatic heterocycles. The van der Waals surface area contributed by atoms with Crippen LogP contribution < -0.4 is 11.6 Å². The highest BCUT2D eigenvalue weighted by Crippen LogP contribution is 2.14. The third-order valence-electron chi connectivity index (χ3n) is 7.71. The van der Waals surface area contributed by atoms with Gasteiger partial charge in [0.25, 0.3) is 0 Å². The Balaban J connectivity index is 3.28. The Morgan fingerprint density at radius 2 is 0.780 bits per heavy atom.